The number of fused-ring (bicyclic) bond motifs is 3. The Morgan fingerprint density at radius 2 is 1.89 bits per heavy atom. The van der Waals surface area contributed by atoms with Crippen molar-refractivity contribution in [3.63, 3.8) is 0 Å². The van der Waals surface area contributed by atoms with Gasteiger partial charge in [0.1, 0.15) is 6.04 Å². The first kappa shape index (κ1) is 18.2. The Labute approximate surface area is 163 Å². The van der Waals surface area contributed by atoms with Gasteiger partial charge >= 0.3 is 0 Å². The molecule has 2 aliphatic rings. The minimum Gasteiger partial charge on any atom is -0.504 e. The standard InChI is InChI=1S/C21H23N3O4/c1-22(2)14-6-5-12-8-17-21(27)23(3)16-10-18(25)19(28-4)9-15(16)20(26)24(17)11-13(12)7-14/h5-7,9-10,17,25H,8,11H2,1-4H3/t17-/m0/s1. The van der Waals surface area contributed by atoms with Crippen LogP contribution in [0.4, 0.5) is 11.4 Å². The van der Waals surface area contributed by atoms with Crippen molar-refractivity contribution in [2.24, 2.45) is 0 Å². The Balaban J connectivity index is 1.82. The molecule has 0 saturated carbocycles. The van der Waals surface area contributed by atoms with Crippen LogP contribution >= 0.6 is 0 Å². The summed E-state index contributed by atoms with van der Waals surface area (Å²) in [4.78, 5) is 31.6. The van der Waals surface area contributed by atoms with Crippen molar-refractivity contribution in [3.8, 4) is 11.5 Å². The summed E-state index contributed by atoms with van der Waals surface area (Å²) >= 11 is 0. The monoisotopic (exact) mass is 381 g/mol. The summed E-state index contributed by atoms with van der Waals surface area (Å²) in [6.07, 6.45) is 0.467. The molecule has 0 saturated heterocycles. The third kappa shape index (κ3) is 2.66. The number of carbonyl (C=O) groups excluding carboxylic acids is 2. The average Bonchev–Trinajstić information content (AvgIpc) is 2.76. The van der Waals surface area contributed by atoms with Crippen molar-refractivity contribution in [3.05, 3.63) is 47.0 Å². The fourth-order valence-electron chi connectivity index (χ4n) is 3.95. The number of anilines is 2. The first-order chi connectivity index (χ1) is 13.3. The zero-order valence-electron chi connectivity index (χ0n) is 16.4. The molecule has 2 aromatic carbocycles. The normalized spacial score (nSPS) is 18.2. The molecule has 4 rings (SSSR count). The quantitative estimate of drug-likeness (QED) is 0.862. The van der Waals surface area contributed by atoms with Gasteiger partial charge in [-0.25, -0.2) is 0 Å². The summed E-state index contributed by atoms with van der Waals surface area (Å²) in [6, 6.07) is 8.47. The molecule has 0 aromatic heterocycles. The van der Waals surface area contributed by atoms with Gasteiger partial charge in [-0.05, 0) is 29.3 Å². The van der Waals surface area contributed by atoms with Crippen LogP contribution in [-0.2, 0) is 17.8 Å². The van der Waals surface area contributed by atoms with E-state index in [4.69, 9.17) is 4.74 Å². The number of phenolic OH excluding ortho intramolecular Hbond substituents is 1. The van der Waals surface area contributed by atoms with E-state index in [0.29, 0.717) is 24.2 Å². The first-order valence-corrected chi connectivity index (χ1v) is 9.10. The van der Waals surface area contributed by atoms with Gasteiger partial charge < -0.3 is 24.5 Å². The number of rotatable bonds is 2. The summed E-state index contributed by atoms with van der Waals surface area (Å²) in [5.41, 5.74) is 3.91. The van der Waals surface area contributed by atoms with E-state index in [2.05, 4.69) is 6.07 Å². The highest BCUT2D eigenvalue weighted by Gasteiger charge is 2.41. The molecule has 0 bridgehead atoms. The minimum absolute atomic E-state index is 0.104. The molecule has 2 heterocycles. The van der Waals surface area contributed by atoms with Crippen LogP contribution in [-0.4, -0.2) is 56.1 Å². The smallest absolute Gasteiger partial charge is 0.257 e. The van der Waals surface area contributed by atoms with Crippen molar-refractivity contribution >= 4 is 23.2 Å². The maximum atomic E-state index is 13.4. The van der Waals surface area contributed by atoms with Gasteiger partial charge in [0.05, 0.1) is 18.4 Å². The highest BCUT2D eigenvalue weighted by molar-refractivity contribution is 6.11. The van der Waals surface area contributed by atoms with Gasteiger partial charge in [-0.1, -0.05) is 6.07 Å². The highest BCUT2D eigenvalue weighted by Crippen LogP contribution is 2.39. The van der Waals surface area contributed by atoms with Gasteiger partial charge in [-0.3, -0.25) is 9.59 Å². The van der Waals surface area contributed by atoms with E-state index < -0.39 is 6.04 Å². The van der Waals surface area contributed by atoms with E-state index in [1.807, 2.05) is 31.1 Å². The average molecular weight is 381 g/mol. The van der Waals surface area contributed by atoms with Gasteiger partial charge in [-0.2, -0.15) is 0 Å². The number of carbonyl (C=O) groups is 2. The Morgan fingerprint density at radius 3 is 2.57 bits per heavy atom. The topological polar surface area (TPSA) is 73.3 Å². The molecule has 2 amide bonds. The van der Waals surface area contributed by atoms with Crippen LogP contribution < -0.4 is 14.5 Å². The second kappa shape index (κ2) is 6.44. The Hall–Kier alpha value is -3.22. The number of phenols is 1. The maximum absolute atomic E-state index is 13.4. The van der Waals surface area contributed by atoms with Crippen molar-refractivity contribution in [1.29, 1.82) is 0 Å². The number of hydrogen-bond acceptors (Lipinski definition) is 5. The molecule has 1 N–H and O–H groups in total. The molecule has 7 heteroatoms. The largest absolute Gasteiger partial charge is 0.504 e. The van der Waals surface area contributed by atoms with E-state index in [1.165, 1.54) is 24.1 Å². The second-order valence-electron chi connectivity index (χ2n) is 7.44. The van der Waals surface area contributed by atoms with Gasteiger partial charge in [0.2, 0.25) is 5.91 Å². The van der Waals surface area contributed by atoms with Crippen LogP contribution in [0.3, 0.4) is 0 Å². The summed E-state index contributed by atoms with van der Waals surface area (Å²) in [5.74, 6) is -0.304. The molecule has 2 aromatic rings. The molecule has 0 aliphatic carbocycles. The molecule has 146 valence electrons. The van der Waals surface area contributed by atoms with Crippen molar-refractivity contribution < 1.29 is 19.4 Å². The third-order valence-corrected chi connectivity index (χ3v) is 5.60. The first-order valence-electron chi connectivity index (χ1n) is 9.10. The highest BCUT2D eigenvalue weighted by atomic mass is 16.5. The fraction of sp³-hybridized carbons (Fsp3) is 0.333. The molecule has 28 heavy (non-hydrogen) atoms. The Bertz CT molecular complexity index is 986. The molecule has 0 unspecified atom stereocenters. The van der Waals surface area contributed by atoms with Gasteiger partial charge in [0.15, 0.2) is 11.5 Å². The van der Waals surface area contributed by atoms with Gasteiger partial charge in [0, 0.05) is 45.9 Å². The molecule has 0 radical (unpaired) electrons. The van der Waals surface area contributed by atoms with E-state index in [1.54, 1.807) is 11.9 Å². The van der Waals surface area contributed by atoms with Crippen LogP contribution in [0, 0.1) is 0 Å². The summed E-state index contributed by atoms with van der Waals surface area (Å²) in [6.45, 7) is 0.364. The predicted octanol–water partition coefficient (Wildman–Crippen LogP) is 2.01. The molecule has 0 spiro atoms. The van der Waals surface area contributed by atoms with Crippen LogP contribution in [0.1, 0.15) is 21.5 Å². The van der Waals surface area contributed by atoms with E-state index >= 15 is 0 Å². The summed E-state index contributed by atoms with van der Waals surface area (Å²) in [7, 11) is 7.00. The molecule has 0 fully saturated rings. The number of ether oxygens (including phenoxy) is 1. The minimum atomic E-state index is -0.573. The van der Waals surface area contributed by atoms with Crippen LogP contribution in [0.5, 0.6) is 11.5 Å². The second-order valence-corrected chi connectivity index (χ2v) is 7.44. The third-order valence-electron chi connectivity index (χ3n) is 5.60. The van der Waals surface area contributed by atoms with Crippen molar-refractivity contribution in [2.75, 3.05) is 38.1 Å². The predicted molar refractivity (Wildman–Crippen MR) is 106 cm³/mol. The molecule has 2 aliphatic heterocycles. The lowest BCUT2D eigenvalue weighted by Crippen LogP contribution is -2.50. The lowest BCUT2D eigenvalue weighted by molar-refractivity contribution is -0.123. The number of aromatic hydroxyl groups is 1. The number of benzene rings is 2. The Kier molecular flexibility index (Phi) is 4.18. The molecular weight excluding hydrogens is 358 g/mol. The number of hydrogen-bond donors (Lipinski definition) is 1. The van der Waals surface area contributed by atoms with E-state index in [0.717, 1.165) is 16.8 Å². The molecule has 1 atom stereocenters. The number of nitrogens with zero attached hydrogens (tertiary/aromatic N) is 3. The Morgan fingerprint density at radius 1 is 1.14 bits per heavy atom. The molecule has 7 nitrogen and oxygen atoms in total. The summed E-state index contributed by atoms with van der Waals surface area (Å²) < 4.78 is 5.17. The lowest BCUT2D eigenvalue weighted by Gasteiger charge is -2.35. The number of methoxy groups -OCH3 is 1. The number of likely N-dealkylation sites (N-methyl/N-ethyl adjacent to an activating group) is 1. The number of amides is 2. The van der Waals surface area contributed by atoms with Gasteiger partial charge in [0.25, 0.3) is 5.91 Å². The SMILES string of the molecule is COc1cc2c(cc1O)N(C)C(=O)[C@@H]1Cc3ccc(N(C)C)cc3CN1C2=O. The maximum Gasteiger partial charge on any atom is 0.257 e. The van der Waals surface area contributed by atoms with E-state index in [9.17, 15) is 14.7 Å². The van der Waals surface area contributed by atoms with E-state index in [-0.39, 0.29) is 23.3 Å². The van der Waals surface area contributed by atoms with Crippen molar-refractivity contribution in [2.45, 2.75) is 19.0 Å². The van der Waals surface area contributed by atoms with Crippen LogP contribution in [0.15, 0.2) is 30.3 Å². The van der Waals surface area contributed by atoms with Crippen LogP contribution in [0.2, 0.25) is 0 Å². The summed E-state index contributed by atoms with van der Waals surface area (Å²) in [5, 5.41) is 10.1. The molecular formula is C21H23N3O4. The van der Waals surface area contributed by atoms with Gasteiger partial charge in [-0.15, -0.1) is 0 Å². The van der Waals surface area contributed by atoms with Crippen molar-refractivity contribution in [1.82, 2.24) is 4.90 Å². The van der Waals surface area contributed by atoms with Crippen LogP contribution in [0.25, 0.3) is 0 Å². The fourth-order valence-corrected chi connectivity index (χ4v) is 3.95. The lowest BCUT2D eigenvalue weighted by atomic mass is 9.92. The zero-order valence-corrected chi connectivity index (χ0v) is 16.4. The zero-order chi connectivity index (χ0) is 20.2.